The molecule has 2 rings (SSSR count). The number of aromatic nitrogens is 3. The van der Waals surface area contributed by atoms with Gasteiger partial charge in [-0.1, -0.05) is 19.3 Å². The highest BCUT2D eigenvalue weighted by molar-refractivity contribution is 7.90. The van der Waals surface area contributed by atoms with E-state index in [9.17, 15) is 8.42 Å². The lowest BCUT2D eigenvalue weighted by Gasteiger charge is -2.21. The van der Waals surface area contributed by atoms with Crippen LogP contribution in [0, 0.1) is 0 Å². The van der Waals surface area contributed by atoms with Crippen molar-refractivity contribution < 1.29 is 8.42 Å². The average Bonchev–Trinajstić information content (AvgIpc) is 2.37. The molecular weight excluding hydrogens is 264 g/mol. The SMILES string of the molecule is CC(c1nc(N)nc(C2CCCCC2)n1)S(C)(=O)=O. The van der Waals surface area contributed by atoms with E-state index in [2.05, 4.69) is 15.0 Å². The number of nitrogen functional groups attached to an aromatic ring is 1. The molecule has 0 amide bonds. The molecule has 1 fully saturated rings. The largest absolute Gasteiger partial charge is 0.368 e. The molecular formula is C12H20N4O2S. The maximum atomic E-state index is 11.6. The number of anilines is 1. The third kappa shape index (κ3) is 3.40. The Morgan fingerprint density at radius 2 is 1.79 bits per heavy atom. The number of sulfone groups is 1. The van der Waals surface area contributed by atoms with E-state index < -0.39 is 15.1 Å². The fourth-order valence-corrected chi connectivity index (χ4v) is 2.83. The van der Waals surface area contributed by atoms with Gasteiger partial charge in [0.15, 0.2) is 15.7 Å². The van der Waals surface area contributed by atoms with Crippen molar-refractivity contribution in [2.24, 2.45) is 0 Å². The number of nitrogens with two attached hydrogens (primary N) is 1. The summed E-state index contributed by atoms with van der Waals surface area (Å²) in [5.74, 6) is 1.30. The molecule has 1 aliphatic rings. The van der Waals surface area contributed by atoms with Crippen molar-refractivity contribution in [3.05, 3.63) is 11.6 Å². The second kappa shape index (κ2) is 5.40. The number of hydrogen-bond donors (Lipinski definition) is 1. The van der Waals surface area contributed by atoms with Crippen LogP contribution in [0.15, 0.2) is 0 Å². The second-order valence-corrected chi connectivity index (χ2v) is 7.58. The average molecular weight is 284 g/mol. The molecule has 0 radical (unpaired) electrons. The fourth-order valence-electron chi connectivity index (χ4n) is 2.34. The third-order valence-corrected chi connectivity index (χ3v) is 5.16. The molecule has 0 spiro atoms. The highest BCUT2D eigenvalue weighted by Crippen LogP contribution is 2.31. The first-order valence-electron chi connectivity index (χ1n) is 6.58. The lowest BCUT2D eigenvalue weighted by Crippen LogP contribution is -2.17. The summed E-state index contributed by atoms with van der Waals surface area (Å²) in [6.07, 6.45) is 6.81. The Labute approximate surface area is 113 Å². The van der Waals surface area contributed by atoms with E-state index >= 15 is 0 Å². The minimum absolute atomic E-state index is 0.112. The van der Waals surface area contributed by atoms with Gasteiger partial charge >= 0.3 is 0 Å². The van der Waals surface area contributed by atoms with E-state index in [1.807, 2.05) is 0 Å². The van der Waals surface area contributed by atoms with Crippen LogP contribution < -0.4 is 5.73 Å². The molecule has 0 saturated heterocycles. The normalized spacial score (nSPS) is 19.3. The summed E-state index contributed by atoms with van der Waals surface area (Å²) in [5, 5.41) is -0.750. The molecule has 1 heterocycles. The van der Waals surface area contributed by atoms with Gasteiger partial charge in [0.2, 0.25) is 5.95 Å². The molecule has 1 aliphatic carbocycles. The maximum absolute atomic E-state index is 11.6. The Morgan fingerprint density at radius 1 is 1.16 bits per heavy atom. The Hall–Kier alpha value is -1.24. The first-order chi connectivity index (χ1) is 8.88. The smallest absolute Gasteiger partial charge is 0.223 e. The van der Waals surface area contributed by atoms with Gasteiger partial charge in [-0.05, 0) is 19.8 Å². The van der Waals surface area contributed by atoms with Crippen molar-refractivity contribution in [3.8, 4) is 0 Å². The van der Waals surface area contributed by atoms with Crippen LogP contribution in [0.1, 0.15) is 61.8 Å². The van der Waals surface area contributed by atoms with Crippen LogP contribution in [0.25, 0.3) is 0 Å². The molecule has 1 saturated carbocycles. The van der Waals surface area contributed by atoms with Crippen molar-refractivity contribution in [2.75, 3.05) is 12.0 Å². The fraction of sp³-hybridized carbons (Fsp3) is 0.750. The van der Waals surface area contributed by atoms with Crippen molar-refractivity contribution >= 4 is 15.8 Å². The molecule has 2 N–H and O–H groups in total. The number of hydrogen-bond acceptors (Lipinski definition) is 6. The third-order valence-electron chi connectivity index (χ3n) is 3.66. The molecule has 1 unspecified atom stereocenters. The van der Waals surface area contributed by atoms with Gasteiger partial charge in [-0.2, -0.15) is 9.97 Å². The van der Waals surface area contributed by atoms with Gasteiger partial charge in [-0.15, -0.1) is 0 Å². The standard InChI is InChI=1S/C12H20N4O2S/c1-8(19(2,17)18)10-14-11(16-12(13)15-10)9-6-4-3-5-7-9/h8-9H,3-7H2,1-2H3,(H2,13,14,15,16). The predicted molar refractivity (Wildman–Crippen MR) is 73.3 cm³/mol. The van der Waals surface area contributed by atoms with Crippen molar-refractivity contribution in [1.29, 1.82) is 0 Å². The van der Waals surface area contributed by atoms with E-state index in [1.54, 1.807) is 6.92 Å². The topological polar surface area (TPSA) is 98.8 Å². The maximum Gasteiger partial charge on any atom is 0.223 e. The zero-order chi connectivity index (χ0) is 14.0. The molecule has 0 aromatic carbocycles. The summed E-state index contributed by atoms with van der Waals surface area (Å²) in [7, 11) is -3.23. The quantitative estimate of drug-likeness (QED) is 0.905. The van der Waals surface area contributed by atoms with Gasteiger partial charge in [0.05, 0.1) is 0 Å². The molecule has 0 bridgehead atoms. The summed E-state index contributed by atoms with van der Waals surface area (Å²) in [6.45, 7) is 1.58. The van der Waals surface area contributed by atoms with E-state index in [4.69, 9.17) is 5.73 Å². The van der Waals surface area contributed by atoms with Crippen LogP contribution in [0.5, 0.6) is 0 Å². The molecule has 19 heavy (non-hydrogen) atoms. The first-order valence-corrected chi connectivity index (χ1v) is 8.53. The summed E-state index contributed by atoms with van der Waals surface area (Å²) in [5.41, 5.74) is 5.69. The van der Waals surface area contributed by atoms with Gasteiger partial charge < -0.3 is 5.73 Å². The lowest BCUT2D eigenvalue weighted by molar-refractivity contribution is 0.426. The first kappa shape index (κ1) is 14.2. The van der Waals surface area contributed by atoms with Crippen LogP contribution in [-0.4, -0.2) is 29.6 Å². The zero-order valence-electron chi connectivity index (χ0n) is 11.3. The monoisotopic (exact) mass is 284 g/mol. The van der Waals surface area contributed by atoms with E-state index in [-0.39, 0.29) is 17.7 Å². The summed E-state index contributed by atoms with van der Waals surface area (Å²) in [6, 6.07) is 0. The summed E-state index contributed by atoms with van der Waals surface area (Å²) >= 11 is 0. The van der Waals surface area contributed by atoms with E-state index in [0.29, 0.717) is 5.82 Å². The van der Waals surface area contributed by atoms with Crippen LogP contribution in [0.2, 0.25) is 0 Å². The van der Waals surface area contributed by atoms with Crippen LogP contribution in [-0.2, 0) is 9.84 Å². The number of rotatable bonds is 3. The summed E-state index contributed by atoms with van der Waals surface area (Å²) < 4.78 is 23.2. The Balaban J connectivity index is 2.34. The lowest BCUT2D eigenvalue weighted by atomic mass is 9.89. The van der Waals surface area contributed by atoms with Crippen LogP contribution in [0.3, 0.4) is 0 Å². The van der Waals surface area contributed by atoms with Gasteiger partial charge in [0.25, 0.3) is 0 Å². The van der Waals surface area contributed by atoms with Crippen molar-refractivity contribution in [3.63, 3.8) is 0 Å². The van der Waals surface area contributed by atoms with Crippen molar-refractivity contribution in [2.45, 2.75) is 50.2 Å². The van der Waals surface area contributed by atoms with Crippen molar-refractivity contribution in [1.82, 2.24) is 15.0 Å². The molecule has 6 nitrogen and oxygen atoms in total. The molecule has 1 aromatic heterocycles. The van der Waals surface area contributed by atoms with Gasteiger partial charge in [0.1, 0.15) is 11.1 Å². The van der Waals surface area contributed by atoms with E-state index in [0.717, 1.165) is 25.7 Å². The second-order valence-electron chi connectivity index (χ2n) is 5.22. The van der Waals surface area contributed by atoms with E-state index in [1.165, 1.54) is 12.7 Å². The Morgan fingerprint density at radius 3 is 2.37 bits per heavy atom. The van der Waals surface area contributed by atoms with Gasteiger partial charge in [0, 0.05) is 12.2 Å². The van der Waals surface area contributed by atoms with Gasteiger partial charge in [-0.3, -0.25) is 0 Å². The molecule has 106 valence electrons. The van der Waals surface area contributed by atoms with Crippen LogP contribution in [0.4, 0.5) is 5.95 Å². The predicted octanol–water partition coefficient (Wildman–Crippen LogP) is 1.61. The van der Waals surface area contributed by atoms with Crippen LogP contribution >= 0.6 is 0 Å². The molecule has 0 aliphatic heterocycles. The minimum atomic E-state index is -3.23. The minimum Gasteiger partial charge on any atom is -0.368 e. The Bertz CT molecular complexity index is 553. The number of nitrogens with zero attached hydrogens (tertiary/aromatic N) is 3. The summed E-state index contributed by atoms with van der Waals surface area (Å²) in [4.78, 5) is 12.5. The molecule has 7 heteroatoms. The molecule has 1 aromatic rings. The highest BCUT2D eigenvalue weighted by atomic mass is 32.2. The Kier molecular flexibility index (Phi) is 4.03. The highest BCUT2D eigenvalue weighted by Gasteiger charge is 2.24. The van der Waals surface area contributed by atoms with Gasteiger partial charge in [-0.25, -0.2) is 13.4 Å². The molecule has 1 atom stereocenters. The zero-order valence-corrected chi connectivity index (χ0v) is 12.2.